The summed E-state index contributed by atoms with van der Waals surface area (Å²) in [4.78, 5) is 1.72. The largest absolute Gasteiger partial charge is 0.367 e. The Kier molecular flexibility index (Phi) is 4.33. The van der Waals surface area contributed by atoms with Gasteiger partial charge in [-0.3, -0.25) is 0 Å². The molecule has 19 heavy (non-hydrogen) atoms. The zero-order valence-electron chi connectivity index (χ0n) is 10.7. The summed E-state index contributed by atoms with van der Waals surface area (Å²) < 4.78 is 27.7. The maximum atomic E-state index is 13.9. The molecule has 0 spiro atoms. The van der Waals surface area contributed by atoms with E-state index < -0.39 is 11.6 Å². The first-order valence-corrected chi connectivity index (χ1v) is 6.50. The van der Waals surface area contributed by atoms with Gasteiger partial charge in [-0.15, -0.1) is 0 Å². The van der Waals surface area contributed by atoms with Gasteiger partial charge in [0.05, 0.1) is 11.6 Å². The third-order valence-electron chi connectivity index (χ3n) is 3.65. The topological polar surface area (TPSA) is 53.0 Å². The van der Waals surface area contributed by atoms with Gasteiger partial charge in [-0.1, -0.05) is 0 Å². The van der Waals surface area contributed by atoms with E-state index in [9.17, 15) is 8.78 Å². The number of hydrogen-bond donors (Lipinski definition) is 1. The zero-order valence-corrected chi connectivity index (χ0v) is 10.7. The summed E-state index contributed by atoms with van der Waals surface area (Å²) in [6.45, 7) is 1.92. The predicted octanol–water partition coefficient (Wildman–Crippen LogP) is 2.40. The second kappa shape index (κ2) is 5.98. The van der Waals surface area contributed by atoms with Crippen LogP contribution in [0.15, 0.2) is 12.1 Å². The van der Waals surface area contributed by atoms with Gasteiger partial charge in [-0.05, 0) is 43.9 Å². The summed E-state index contributed by atoms with van der Waals surface area (Å²) in [7, 11) is 0. The van der Waals surface area contributed by atoms with Crippen molar-refractivity contribution in [1.29, 1.82) is 5.26 Å². The average molecular weight is 265 g/mol. The van der Waals surface area contributed by atoms with Crippen LogP contribution in [0, 0.1) is 28.9 Å². The Labute approximate surface area is 111 Å². The molecule has 1 fully saturated rings. The molecule has 3 nitrogen and oxygen atoms in total. The second-order valence-electron chi connectivity index (χ2n) is 4.91. The van der Waals surface area contributed by atoms with E-state index in [1.54, 1.807) is 11.0 Å². The van der Waals surface area contributed by atoms with Crippen LogP contribution in [0.25, 0.3) is 0 Å². The summed E-state index contributed by atoms with van der Waals surface area (Å²) >= 11 is 0. The van der Waals surface area contributed by atoms with E-state index in [4.69, 9.17) is 11.0 Å². The molecule has 1 saturated heterocycles. The molecule has 5 heteroatoms. The molecule has 0 amide bonds. The van der Waals surface area contributed by atoms with E-state index in [0.717, 1.165) is 31.4 Å². The Morgan fingerprint density at radius 2 is 1.84 bits per heavy atom. The quantitative estimate of drug-likeness (QED) is 0.913. The van der Waals surface area contributed by atoms with Gasteiger partial charge in [0.2, 0.25) is 0 Å². The molecule has 0 aromatic heterocycles. The highest BCUT2D eigenvalue weighted by Gasteiger charge is 2.23. The van der Waals surface area contributed by atoms with Gasteiger partial charge in [-0.25, -0.2) is 8.78 Å². The maximum Gasteiger partial charge on any atom is 0.150 e. The van der Waals surface area contributed by atoms with Crippen LogP contribution in [-0.4, -0.2) is 19.6 Å². The Hall–Kier alpha value is -1.67. The van der Waals surface area contributed by atoms with E-state index >= 15 is 0 Å². The van der Waals surface area contributed by atoms with Gasteiger partial charge in [0.25, 0.3) is 0 Å². The molecule has 1 heterocycles. The highest BCUT2D eigenvalue weighted by molar-refractivity contribution is 5.52. The van der Waals surface area contributed by atoms with Crippen LogP contribution in [0.4, 0.5) is 14.5 Å². The van der Waals surface area contributed by atoms with Crippen molar-refractivity contribution in [3.63, 3.8) is 0 Å². The smallest absolute Gasteiger partial charge is 0.150 e. The molecule has 2 rings (SSSR count). The van der Waals surface area contributed by atoms with Crippen molar-refractivity contribution in [2.45, 2.75) is 19.3 Å². The standard InChI is InChI=1S/C14H17F2N3/c15-12-7-11(9-18)8-13(16)14(12)19-5-2-10(1-4-17)3-6-19/h7-8,10H,1-6,17H2. The molecule has 1 aliphatic heterocycles. The lowest BCUT2D eigenvalue weighted by molar-refractivity contribution is 0.381. The third kappa shape index (κ3) is 3.02. The van der Waals surface area contributed by atoms with Crippen LogP contribution in [-0.2, 0) is 0 Å². The molecule has 1 aromatic carbocycles. The minimum Gasteiger partial charge on any atom is -0.367 e. The highest BCUT2D eigenvalue weighted by Crippen LogP contribution is 2.29. The molecule has 1 aliphatic rings. The van der Waals surface area contributed by atoms with Gasteiger partial charge in [0.1, 0.15) is 5.69 Å². The van der Waals surface area contributed by atoms with Gasteiger partial charge in [0.15, 0.2) is 11.6 Å². The van der Waals surface area contributed by atoms with E-state index in [1.165, 1.54) is 0 Å². The van der Waals surface area contributed by atoms with E-state index in [2.05, 4.69) is 0 Å². The van der Waals surface area contributed by atoms with Gasteiger partial charge in [0, 0.05) is 13.1 Å². The number of halogens is 2. The Balaban J connectivity index is 2.14. The molecule has 102 valence electrons. The molecule has 2 N–H and O–H groups in total. The molecule has 0 saturated carbocycles. The minimum atomic E-state index is -0.658. The van der Waals surface area contributed by atoms with Crippen molar-refractivity contribution >= 4 is 5.69 Å². The fourth-order valence-electron chi connectivity index (χ4n) is 2.61. The Morgan fingerprint density at radius 1 is 1.26 bits per heavy atom. The lowest BCUT2D eigenvalue weighted by Crippen LogP contribution is -2.35. The number of rotatable bonds is 3. The van der Waals surface area contributed by atoms with Gasteiger partial charge < -0.3 is 10.6 Å². The molecule has 0 atom stereocenters. The maximum absolute atomic E-state index is 13.9. The summed E-state index contributed by atoms with van der Waals surface area (Å²) in [5.74, 6) is -0.770. The van der Waals surface area contributed by atoms with Crippen LogP contribution in [0.2, 0.25) is 0 Å². The number of nitriles is 1. The van der Waals surface area contributed by atoms with Crippen LogP contribution in [0.3, 0.4) is 0 Å². The molecule has 0 unspecified atom stereocenters. The number of piperidine rings is 1. The summed E-state index contributed by atoms with van der Waals surface area (Å²) in [5, 5.41) is 8.67. The second-order valence-corrected chi connectivity index (χ2v) is 4.91. The minimum absolute atomic E-state index is 0.00908. The van der Waals surface area contributed by atoms with Crippen LogP contribution >= 0.6 is 0 Å². The zero-order chi connectivity index (χ0) is 13.8. The van der Waals surface area contributed by atoms with Crippen LogP contribution in [0.5, 0.6) is 0 Å². The number of nitrogens with two attached hydrogens (primary N) is 1. The van der Waals surface area contributed by atoms with Gasteiger partial charge in [-0.2, -0.15) is 5.26 Å². The fourth-order valence-corrected chi connectivity index (χ4v) is 2.61. The van der Waals surface area contributed by atoms with Crippen LogP contribution in [0.1, 0.15) is 24.8 Å². The van der Waals surface area contributed by atoms with E-state index in [-0.39, 0.29) is 11.3 Å². The average Bonchev–Trinajstić information content (AvgIpc) is 2.40. The van der Waals surface area contributed by atoms with Gasteiger partial charge >= 0.3 is 0 Å². The number of nitrogens with zero attached hydrogens (tertiary/aromatic N) is 2. The molecular formula is C14H17F2N3. The lowest BCUT2D eigenvalue weighted by atomic mass is 9.93. The van der Waals surface area contributed by atoms with Crippen molar-refractivity contribution < 1.29 is 8.78 Å². The summed E-state index contributed by atoms with van der Waals surface area (Å²) in [5.41, 5.74) is 5.52. The van der Waals surface area contributed by atoms with Crippen molar-refractivity contribution in [1.82, 2.24) is 0 Å². The predicted molar refractivity (Wildman–Crippen MR) is 69.7 cm³/mol. The number of anilines is 1. The number of benzene rings is 1. The molecule has 1 aromatic rings. The monoisotopic (exact) mass is 265 g/mol. The van der Waals surface area contributed by atoms with E-state index in [0.29, 0.717) is 25.6 Å². The van der Waals surface area contributed by atoms with Crippen molar-refractivity contribution in [2.24, 2.45) is 11.7 Å². The lowest BCUT2D eigenvalue weighted by Gasteiger charge is -2.33. The molecule has 0 bridgehead atoms. The third-order valence-corrected chi connectivity index (χ3v) is 3.65. The molecule has 0 radical (unpaired) electrons. The molecule has 0 aliphatic carbocycles. The summed E-state index contributed by atoms with van der Waals surface area (Å²) in [6.07, 6.45) is 2.76. The summed E-state index contributed by atoms with van der Waals surface area (Å²) in [6, 6.07) is 3.93. The first-order chi connectivity index (χ1) is 9.15. The van der Waals surface area contributed by atoms with Crippen molar-refractivity contribution in [2.75, 3.05) is 24.5 Å². The first-order valence-electron chi connectivity index (χ1n) is 6.50. The fraction of sp³-hybridized carbons (Fsp3) is 0.500. The number of hydrogen-bond acceptors (Lipinski definition) is 3. The molecular weight excluding hydrogens is 248 g/mol. The van der Waals surface area contributed by atoms with E-state index in [1.807, 2.05) is 0 Å². The Bertz CT molecular complexity index is 465. The first kappa shape index (κ1) is 13.8. The van der Waals surface area contributed by atoms with Crippen LogP contribution < -0.4 is 10.6 Å². The highest BCUT2D eigenvalue weighted by atomic mass is 19.1. The SMILES string of the molecule is N#Cc1cc(F)c(N2CCC(CCN)CC2)c(F)c1. The van der Waals surface area contributed by atoms with Crippen molar-refractivity contribution in [3.05, 3.63) is 29.3 Å². The van der Waals surface area contributed by atoms with Crippen molar-refractivity contribution in [3.8, 4) is 6.07 Å². The normalized spacial score (nSPS) is 16.4. The Morgan fingerprint density at radius 3 is 2.32 bits per heavy atom.